The Morgan fingerprint density at radius 1 is 1.73 bits per heavy atom. The zero-order chi connectivity index (χ0) is 7.94. The molecule has 0 aliphatic rings. The van der Waals surface area contributed by atoms with Gasteiger partial charge in [0.2, 0.25) is 0 Å². The van der Waals surface area contributed by atoms with Crippen LogP contribution in [0, 0.1) is 0 Å². The summed E-state index contributed by atoms with van der Waals surface area (Å²) in [6.45, 7) is 1.40. The maximum Gasteiger partial charge on any atom is 0.0658 e. The van der Waals surface area contributed by atoms with Crippen molar-refractivity contribution < 1.29 is 4.74 Å². The summed E-state index contributed by atoms with van der Waals surface area (Å²) in [6.07, 6.45) is 3.68. The lowest BCUT2D eigenvalue weighted by atomic mass is 10.5. The van der Waals surface area contributed by atoms with Gasteiger partial charge in [0.05, 0.1) is 18.8 Å². The molecule has 0 saturated carbocycles. The van der Waals surface area contributed by atoms with Crippen LogP contribution in [-0.4, -0.2) is 31.5 Å². The summed E-state index contributed by atoms with van der Waals surface area (Å²) in [5.41, 5.74) is 1.03. The average Bonchev–Trinajstić information content (AvgIpc) is 2.50. The van der Waals surface area contributed by atoms with E-state index in [0.717, 1.165) is 12.2 Å². The highest BCUT2D eigenvalue weighted by Gasteiger charge is 1.83. The molecule has 1 heterocycles. The Bertz CT molecular complexity index is 204. The molecule has 1 rings (SSSR count). The Labute approximate surface area is 66.1 Å². The molecule has 11 heavy (non-hydrogen) atoms. The smallest absolute Gasteiger partial charge is 0.0658 e. The van der Waals surface area contributed by atoms with Gasteiger partial charge in [-0.3, -0.25) is 4.99 Å². The third-order valence-corrected chi connectivity index (χ3v) is 1.28. The number of H-pyrrole nitrogens is 1. The van der Waals surface area contributed by atoms with Crippen LogP contribution in [0.4, 0.5) is 0 Å². The molecule has 60 valence electrons. The Balaban J connectivity index is 2.25. The van der Waals surface area contributed by atoms with Crippen molar-refractivity contribution in [2.75, 3.05) is 20.3 Å². The highest BCUT2D eigenvalue weighted by molar-refractivity contribution is 5.76. The SMILES string of the molecule is COCC/N=C/c1ccc[nH]1. The molecule has 1 aromatic rings. The summed E-state index contributed by atoms with van der Waals surface area (Å²) in [5.74, 6) is 0. The van der Waals surface area contributed by atoms with Crippen molar-refractivity contribution in [1.29, 1.82) is 0 Å². The molecular formula is C8H12N2O. The van der Waals surface area contributed by atoms with E-state index in [1.807, 2.05) is 18.3 Å². The number of nitrogens with one attached hydrogen (secondary N) is 1. The van der Waals surface area contributed by atoms with Gasteiger partial charge in [0, 0.05) is 19.5 Å². The molecular weight excluding hydrogens is 140 g/mol. The van der Waals surface area contributed by atoms with Crippen LogP contribution < -0.4 is 0 Å². The van der Waals surface area contributed by atoms with Gasteiger partial charge in [-0.1, -0.05) is 0 Å². The molecule has 1 N–H and O–H groups in total. The van der Waals surface area contributed by atoms with E-state index in [0.29, 0.717) is 6.61 Å². The monoisotopic (exact) mass is 152 g/mol. The number of rotatable bonds is 4. The first-order chi connectivity index (χ1) is 5.43. The van der Waals surface area contributed by atoms with Crippen molar-refractivity contribution in [3.63, 3.8) is 0 Å². The van der Waals surface area contributed by atoms with Crippen LogP contribution in [0.5, 0.6) is 0 Å². The molecule has 0 aromatic carbocycles. The van der Waals surface area contributed by atoms with Crippen molar-refractivity contribution in [3.05, 3.63) is 24.0 Å². The second-order valence-corrected chi connectivity index (χ2v) is 2.15. The first-order valence-electron chi connectivity index (χ1n) is 3.55. The van der Waals surface area contributed by atoms with E-state index in [1.165, 1.54) is 0 Å². The quantitative estimate of drug-likeness (QED) is 0.508. The van der Waals surface area contributed by atoms with Gasteiger partial charge < -0.3 is 9.72 Å². The number of aliphatic imine (C=N–C) groups is 1. The average molecular weight is 152 g/mol. The predicted molar refractivity (Wildman–Crippen MR) is 45.1 cm³/mol. The third-order valence-electron chi connectivity index (χ3n) is 1.28. The fourth-order valence-electron chi connectivity index (χ4n) is 0.731. The fourth-order valence-corrected chi connectivity index (χ4v) is 0.731. The van der Waals surface area contributed by atoms with Crippen LogP contribution in [-0.2, 0) is 4.74 Å². The van der Waals surface area contributed by atoms with Crippen molar-refractivity contribution in [2.45, 2.75) is 0 Å². The van der Waals surface area contributed by atoms with E-state index >= 15 is 0 Å². The zero-order valence-electron chi connectivity index (χ0n) is 6.58. The van der Waals surface area contributed by atoms with E-state index in [1.54, 1.807) is 13.3 Å². The van der Waals surface area contributed by atoms with Gasteiger partial charge in [0.1, 0.15) is 0 Å². The van der Waals surface area contributed by atoms with Crippen LogP contribution in [0.1, 0.15) is 5.69 Å². The maximum absolute atomic E-state index is 4.84. The second-order valence-electron chi connectivity index (χ2n) is 2.15. The Hall–Kier alpha value is -1.09. The van der Waals surface area contributed by atoms with Crippen LogP contribution in [0.25, 0.3) is 0 Å². The molecule has 1 aromatic heterocycles. The van der Waals surface area contributed by atoms with Crippen LogP contribution in [0.2, 0.25) is 0 Å². The number of hydrogen-bond donors (Lipinski definition) is 1. The maximum atomic E-state index is 4.84. The summed E-state index contributed by atoms with van der Waals surface area (Å²) in [7, 11) is 1.67. The molecule has 0 spiro atoms. The van der Waals surface area contributed by atoms with Gasteiger partial charge >= 0.3 is 0 Å². The van der Waals surface area contributed by atoms with E-state index < -0.39 is 0 Å². The summed E-state index contributed by atoms with van der Waals surface area (Å²) in [5, 5.41) is 0. The minimum absolute atomic E-state index is 0.678. The molecule has 0 amide bonds. The number of hydrogen-bond acceptors (Lipinski definition) is 2. The van der Waals surface area contributed by atoms with Gasteiger partial charge in [-0.15, -0.1) is 0 Å². The zero-order valence-corrected chi connectivity index (χ0v) is 6.58. The number of nitrogens with zero attached hydrogens (tertiary/aromatic N) is 1. The van der Waals surface area contributed by atoms with Gasteiger partial charge in [-0.2, -0.15) is 0 Å². The third kappa shape index (κ3) is 3.00. The number of aromatic amines is 1. The van der Waals surface area contributed by atoms with Crippen molar-refractivity contribution in [2.24, 2.45) is 4.99 Å². The lowest BCUT2D eigenvalue weighted by Gasteiger charge is -1.90. The lowest BCUT2D eigenvalue weighted by molar-refractivity contribution is 0.208. The molecule has 0 saturated heterocycles. The van der Waals surface area contributed by atoms with E-state index in [4.69, 9.17) is 4.74 Å². The van der Waals surface area contributed by atoms with E-state index in [2.05, 4.69) is 9.98 Å². The molecule has 0 unspecified atom stereocenters. The molecule has 3 heteroatoms. The highest BCUT2D eigenvalue weighted by Crippen LogP contribution is 1.88. The number of methoxy groups -OCH3 is 1. The molecule has 0 fully saturated rings. The largest absolute Gasteiger partial charge is 0.383 e. The first kappa shape index (κ1) is 8.01. The molecule has 0 atom stereocenters. The summed E-state index contributed by atoms with van der Waals surface area (Å²) in [6, 6.07) is 3.91. The second kappa shape index (κ2) is 4.68. The Morgan fingerprint density at radius 2 is 2.64 bits per heavy atom. The Morgan fingerprint density at radius 3 is 3.27 bits per heavy atom. The normalized spacial score (nSPS) is 11.0. The molecule has 0 radical (unpaired) electrons. The lowest BCUT2D eigenvalue weighted by Crippen LogP contribution is -1.93. The van der Waals surface area contributed by atoms with Crippen molar-refractivity contribution in [3.8, 4) is 0 Å². The molecule has 0 bridgehead atoms. The topological polar surface area (TPSA) is 37.4 Å². The number of aromatic nitrogens is 1. The van der Waals surface area contributed by atoms with E-state index in [9.17, 15) is 0 Å². The van der Waals surface area contributed by atoms with Crippen LogP contribution in [0.15, 0.2) is 23.3 Å². The Kier molecular flexibility index (Phi) is 3.41. The molecule has 3 nitrogen and oxygen atoms in total. The van der Waals surface area contributed by atoms with E-state index in [-0.39, 0.29) is 0 Å². The van der Waals surface area contributed by atoms with Crippen LogP contribution in [0.3, 0.4) is 0 Å². The summed E-state index contributed by atoms with van der Waals surface area (Å²) >= 11 is 0. The van der Waals surface area contributed by atoms with Gasteiger partial charge in [0.15, 0.2) is 0 Å². The van der Waals surface area contributed by atoms with Crippen molar-refractivity contribution in [1.82, 2.24) is 4.98 Å². The van der Waals surface area contributed by atoms with Gasteiger partial charge in [-0.05, 0) is 12.1 Å². The van der Waals surface area contributed by atoms with Gasteiger partial charge in [0.25, 0.3) is 0 Å². The highest BCUT2D eigenvalue weighted by atomic mass is 16.5. The minimum Gasteiger partial charge on any atom is -0.383 e. The first-order valence-corrected chi connectivity index (χ1v) is 3.55. The van der Waals surface area contributed by atoms with Crippen LogP contribution >= 0.6 is 0 Å². The standard InChI is InChI=1S/C8H12N2O/c1-11-6-5-9-7-8-3-2-4-10-8/h2-4,7,10H,5-6H2,1H3/b9-7+. The van der Waals surface area contributed by atoms with Crippen molar-refractivity contribution >= 4 is 6.21 Å². The molecule has 0 aliphatic heterocycles. The van der Waals surface area contributed by atoms with Gasteiger partial charge in [-0.25, -0.2) is 0 Å². The minimum atomic E-state index is 0.678. The summed E-state index contributed by atoms with van der Waals surface area (Å²) in [4.78, 5) is 7.15. The summed E-state index contributed by atoms with van der Waals surface area (Å²) < 4.78 is 4.84. The fraction of sp³-hybridized carbons (Fsp3) is 0.375. The molecule has 0 aliphatic carbocycles. The predicted octanol–water partition coefficient (Wildman–Crippen LogP) is 1.08. The number of ether oxygens (including phenoxy) is 1.